The third-order valence-electron chi connectivity index (χ3n) is 1.09. The molecule has 3 heteroatoms. The van der Waals surface area contributed by atoms with Crippen LogP contribution in [0.25, 0.3) is 0 Å². The van der Waals surface area contributed by atoms with Crippen molar-refractivity contribution in [2.24, 2.45) is 11.5 Å². The van der Waals surface area contributed by atoms with Crippen LogP contribution in [-0.4, -0.2) is 18.4 Å². The van der Waals surface area contributed by atoms with Gasteiger partial charge in [0, 0.05) is 12.5 Å². The van der Waals surface area contributed by atoms with Crippen molar-refractivity contribution in [2.75, 3.05) is 6.54 Å². The van der Waals surface area contributed by atoms with E-state index in [0.717, 1.165) is 6.42 Å². The summed E-state index contributed by atoms with van der Waals surface area (Å²) in [6, 6.07) is -0.0347. The van der Waals surface area contributed by atoms with Gasteiger partial charge in [-0.15, -0.1) is 0 Å². The van der Waals surface area contributed by atoms with Gasteiger partial charge in [0.15, 0.2) is 0 Å². The lowest BCUT2D eigenvalue weighted by molar-refractivity contribution is -0.117. The average molecular weight is 130 g/mol. The molecule has 0 heterocycles. The van der Waals surface area contributed by atoms with Crippen LogP contribution in [0.4, 0.5) is 0 Å². The first-order chi connectivity index (χ1) is 4.16. The third-order valence-corrected chi connectivity index (χ3v) is 1.09. The lowest BCUT2D eigenvalue weighted by Gasteiger charge is -2.05. The largest absolute Gasteiger partial charge is 0.330 e. The standard InChI is InChI=1S/C6H14N2O/c1-5(9)4-6(8)2-3-7/h6H,2-4,7-8H2,1H3. The SMILES string of the molecule is CC(=O)CC(N)CCN. The number of hydrogen-bond acceptors (Lipinski definition) is 3. The van der Waals surface area contributed by atoms with Gasteiger partial charge < -0.3 is 11.5 Å². The summed E-state index contributed by atoms with van der Waals surface area (Å²) in [6.45, 7) is 2.10. The summed E-state index contributed by atoms with van der Waals surface area (Å²) in [4.78, 5) is 10.4. The van der Waals surface area contributed by atoms with Crippen LogP contribution < -0.4 is 11.5 Å². The van der Waals surface area contributed by atoms with E-state index in [1.807, 2.05) is 0 Å². The summed E-state index contributed by atoms with van der Waals surface area (Å²) >= 11 is 0. The Hall–Kier alpha value is -0.410. The molecular weight excluding hydrogens is 116 g/mol. The minimum absolute atomic E-state index is 0.0347. The zero-order valence-corrected chi connectivity index (χ0v) is 5.76. The van der Waals surface area contributed by atoms with Gasteiger partial charge in [-0.3, -0.25) is 4.79 Å². The summed E-state index contributed by atoms with van der Waals surface area (Å²) in [6.07, 6.45) is 1.19. The Labute approximate surface area is 55.4 Å². The van der Waals surface area contributed by atoms with Gasteiger partial charge in [-0.25, -0.2) is 0 Å². The van der Waals surface area contributed by atoms with Crippen molar-refractivity contribution < 1.29 is 4.79 Å². The van der Waals surface area contributed by atoms with Crippen LogP contribution >= 0.6 is 0 Å². The molecule has 3 nitrogen and oxygen atoms in total. The van der Waals surface area contributed by atoms with E-state index in [0.29, 0.717) is 13.0 Å². The number of rotatable bonds is 4. The van der Waals surface area contributed by atoms with Gasteiger partial charge in [0.2, 0.25) is 0 Å². The lowest BCUT2D eigenvalue weighted by Crippen LogP contribution is -2.25. The molecule has 0 radical (unpaired) electrons. The summed E-state index contributed by atoms with van der Waals surface area (Å²) < 4.78 is 0. The van der Waals surface area contributed by atoms with Gasteiger partial charge in [-0.2, -0.15) is 0 Å². The van der Waals surface area contributed by atoms with Crippen LogP contribution in [0.15, 0.2) is 0 Å². The van der Waals surface area contributed by atoms with Gasteiger partial charge in [0.25, 0.3) is 0 Å². The normalized spacial score (nSPS) is 13.2. The maximum atomic E-state index is 10.4. The number of ketones is 1. The topological polar surface area (TPSA) is 69.1 Å². The predicted octanol–water partition coefficient (Wildman–Crippen LogP) is -0.358. The van der Waals surface area contributed by atoms with E-state index in [1.165, 1.54) is 6.92 Å². The molecule has 0 saturated carbocycles. The molecule has 54 valence electrons. The molecule has 0 aliphatic carbocycles. The fourth-order valence-electron chi connectivity index (χ4n) is 0.685. The third kappa shape index (κ3) is 5.46. The van der Waals surface area contributed by atoms with Crippen molar-refractivity contribution in [3.8, 4) is 0 Å². The van der Waals surface area contributed by atoms with E-state index in [-0.39, 0.29) is 11.8 Å². The smallest absolute Gasteiger partial charge is 0.131 e. The quantitative estimate of drug-likeness (QED) is 0.546. The Balaban J connectivity index is 3.26. The van der Waals surface area contributed by atoms with Crippen molar-refractivity contribution in [1.82, 2.24) is 0 Å². The second-order valence-electron chi connectivity index (χ2n) is 2.24. The summed E-state index contributed by atoms with van der Waals surface area (Å²) in [5, 5.41) is 0. The molecule has 0 amide bonds. The highest BCUT2D eigenvalue weighted by atomic mass is 16.1. The fourth-order valence-corrected chi connectivity index (χ4v) is 0.685. The van der Waals surface area contributed by atoms with Gasteiger partial charge in [0.05, 0.1) is 0 Å². The highest BCUT2D eigenvalue weighted by molar-refractivity contribution is 5.76. The number of Topliss-reactive ketones (excluding diaryl/α,β-unsaturated/α-hetero) is 1. The molecule has 0 saturated heterocycles. The molecule has 1 atom stereocenters. The molecule has 0 aliphatic rings. The Kier molecular flexibility index (Phi) is 4.26. The van der Waals surface area contributed by atoms with E-state index in [2.05, 4.69) is 0 Å². The van der Waals surface area contributed by atoms with Crippen LogP contribution in [0.5, 0.6) is 0 Å². The first-order valence-corrected chi connectivity index (χ1v) is 3.12. The minimum atomic E-state index is -0.0347. The molecule has 9 heavy (non-hydrogen) atoms. The Morgan fingerprint density at radius 2 is 2.22 bits per heavy atom. The first-order valence-electron chi connectivity index (χ1n) is 3.12. The Bertz CT molecular complexity index is 93.1. The molecule has 0 aliphatic heterocycles. The minimum Gasteiger partial charge on any atom is -0.330 e. The average Bonchev–Trinajstić information content (AvgIpc) is 1.63. The molecule has 0 spiro atoms. The number of nitrogens with two attached hydrogens (primary N) is 2. The monoisotopic (exact) mass is 130 g/mol. The van der Waals surface area contributed by atoms with Crippen molar-refractivity contribution in [1.29, 1.82) is 0 Å². The van der Waals surface area contributed by atoms with Crippen molar-refractivity contribution in [2.45, 2.75) is 25.8 Å². The zero-order chi connectivity index (χ0) is 7.28. The number of carbonyl (C=O) groups excluding carboxylic acids is 1. The van der Waals surface area contributed by atoms with E-state index in [9.17, 15) is 4.79 Å². The molecule has 0 aromatic carbocycles. The summed E-state index contributed by atoms with van der Waals surface area (Å²) in [5.74, 6) is 0.135. The Morgan fingerprint density at radius 3 is 2.56 bits per heavy atom. The molecule has 0 aromatic heterocycles. The van der Waals surface area contributed by atoms with Crippen LogP contribution in [0.2, 0.25) is 0 Å². The van der Waals surface area contributed by atoms with Crippen molar-refractivity contribution in [3.05, 3.63) is 0 Å². The van der Waals surface area contributed by atoms with Crippen LogP contribution in [0.3, 0.4) is 0 Å². The fraction of sp³-hybridized carbons (Fsp3) is 0.833. The van der Waals surface area contributed by atoms with Crippen molar-refractivity contribution >= 4 is 5.78 Å². The lowest BCUT2D eigenvalue weighted by atomic mass is 10.1. The molecule has 0 fully saturated rings. The highest BCUT2D eigenvalue weighted by Gasteiger charge is 2.02. The maximum absolute atomic E-state index is 10.4. The number of hydrogen-bond donors (Lipinski definition) is 2. The predicted molar refractivity (Wildman–Crippen MR) is 36.9 cm³/mol. The van der Waals surface area contributed by atoms with E-state index in [1.54, 1.807) is 0 Å². The van der Waals surface area contributed by atoms with Gasteiger partial charge in [-0.1, -0.05) is 0 Å². The molecule has 0 aromatic rings. The van der Waals surface area contributed by atoms with Gasteiger partial charge in [-0.05, 0) is 19.9 Å². The molecule has 0 rings (SSSR count). The maximum Gasteiger partial charge on any atom is 0.131 e. The summed E-state index contributed by atoms with van der Waals surface area (Å²) in [7, 11) is 0. The van der Waals surface area contributed by atoms with Crippen LogP contribution in [-0.2, 0) is 4.79 Å². The first kappa shape index (κ1) is 8.59. The van der Waals surface area contributed by atoms with E-state index >= 15 is 0 Å². The highest BCUT2D eigenvalue weighted by Crippen LogP contribution is 1.92. The second-order valence-corrected chi connectivity index (χ2v) is 2.24. The Morgan fingerprint density at radius 1 is 1.67 bits per heavy atom. The summed E-state index contributed by atoms with van der Waals surface area (Å²) in [5.41, 5.74) is 10.7. The second kappa shape index (κ2) is 4.47. The van der Waals surface area contributed by atoms with Gasteiger partial charge >= 0.3 is 0 Å². The zero-order valence-electron chi connectivity index (χ0n) is 5.76. The number of carbonyl (C=O) groups is 1. The van der Waals surface area contributed by atoms with E-state index in [4.69, 9.17) is 11.5 Å². The molecule has 0 bridgehead atoms. The van der Waals surface area contributed by atoms with Crippen LogP contribution in [0.1, 0.15) is 19.8 Å². The van der Waals surface area contributed by atoms with Crippen molar-refractivity contribution in [3.63, 3.8) is 0 Å². The van der Waals surface area contributed by atoms with E-state index < -0.39 is 0 Å². The van der Waals surface area contributed by atoms with Gasteiger partial charge in [0.1, 0.15) is 5.78 Å². The molecule has 4 N–H and O–H groups in total. The van der Waals surface area contributed by atoms with Crippen LogP contribution in [0, 0.1) is 0 Å². The molecule has 1 unspecified atom stereocenters. The molecular formula is C6H14N2O.